The van der Waals surface area contributed by atoms with Crippen LogP contribution in [0.4, 0.5) is 4.79 Å². The minimum absolute atomic E-state index is 0.0667. The molecule has 57 heavy (non-hydrogen) atoms. The molecule has 298 valence electrons. The average Bonchev–Trinajstić information content (AvgIpc) is 4.05. The van der Waals surface area contributed by atoms with E-state index in [2.05, 4.69) is 30.6 Å². The second-order valence-electron chi connectivity index (χ2n) is 15.1. The summed E-state index contributed by atoms with van der Waals surface area (Å²) >= 11 is 0. The predicted octanol–water partition coefficient (Wildman–Crippen LogP) is 6.09. The van der Waals surface area contributed by atoms with Crippen molar-refractivity contribution in [3.8, 4) is 33.8 Å². The molecule has 7 rings (SSSR count). The Balaban J connectivity index is 1.02. The van der Waals surface area contributed by atoms with E-state index in [-0.39, 0.29) is 35.7 Å². The maximum Gasteiger partial charge on any atom is 0.407 e. The molecule has 2 aliphatic rings. The lowest BCUT2D eigenvalue weighted by atomic mass is 10.1. The van der Waals surface area contributed by atoms with Crippen molar-refractivity contribution < 1.29 is 23.9 Å². The third kappa shape index (κ3) is 8.37. The number of likely N-dealkylation sites (tertiary alicyclic amines) is 2. The van der Waals surface area contributed by atoms with Crippen molar-refractivity contribution in [1.82, 2.24) is 50.3 Å². The van der Waals surface area contributed by atoms with Crippen LogP contribution in [0.5, 0.6) is 0 Å². The summed E-state index contributed by atoms with van der Waals surface area (Å²) in [6.07, 6.45) is 8.46. The number of H-pyrrole nitrogens is 2. The Kier molecular flexibility index (Phi) is 11.6. The lowest BCUT2D eigenvalue weighted by molar-refractivity contribution is -0.143. The van der Waals surface area contributed by atoms with E-state index in [1.54, 1.807) is 23.5 Å². The second kappa shape index (κ2) is 16.9. The zero-order valence-electron chi connectivity index (χ0n) is 33.0. The molecule has 5 aromatic rings. The molecule has 0 saturated carbocycles. The van der Waals surface area contributed by atoms with Crippen LogP contribution in [0.3, 0.4) is 0 Å². The normalized spacial score (nSPS) is 17.9. The van der Waals surface area contributed by atoms with Crippen LogP contribution in [0, 0.1) is 5.92 Å². The molecular formula is C42H50N10O5. The third-order valence-corrected chi connectivity index (χ3v) is 10.8. The number of nitrogens with one attached hydrogen (secondary N) is 4. The topological polar surface area (TPSA) is 191 Å². The van der Waals surface area contributed by atoms with Crippen LogP contribution in [-0.4, -0.2) is 95.8 Å². The number of fused-ring (bicyclic) bond motifs is 1. The molecule has 0 bridgehead atoms. The molecule has 0 radical (unpaired) electrons. The van der Waals surface area contributed by atoms with E-state index < -0.39 is 18.2 Å². The predicted molar refractivity (Wildman–Crippen MR) is 214 cm³/mol. The van der Waals surface area contributed by atoms with Crippen LogP contribution in [0.15, 0.2) is 61.1 Å². The Morgan fingerprint density at radius 1 is 0.807 bits per heavy atom. The molecule has 5 heterocycles. The van der Waals surface area contributed by atoms with Gasteiger partial charge in [0.2, 0.25) is 11.8 Å². The van der Waals surface area contributed by atoms with Gasteiger partial charge in [0.05, 0.1) is 58.8 Å². The quantitative estimate of drug-likeness (QED) is 0.116. The molecule has 15 heteroatoms. The van der Waals surface area contributed by atoms with E-state index >= 15 is 0 Å². The number of alkyl carbamates (subject to hydrolysis) is 1. The summed E-state index contributed by atoms with van der Waals surface area (Å²) in [6, 6.07) is 13.0. The van der Waals surface area contributed by atoms with Crippen molar-refractivity contribution in [2.75, 3.05) is 20.1 Å². The van der Waals surface area contributed by atoms with Crippen molar-refractivity contribution in [1.29, 1.82) is 0 Å². The smallest absolute Gasteiger partial charge is 0.407 e. The number of ether oxygens (including phenoxy) is 1. The Morgan fingerprint density at radius 3 is 2.00 bits per heavy atom. The molecule has 0 aliphatic carbocycles. The first-order valence-electron chi connectivity index (χ1n) is 19.8. The van der Waals surface area contributed by atoms with Crippen LogP contribution in [0.2, 0.25) is 0 Å². The van der Waals surface area contributed by atoms with Crippen LogP contribution in [0.1, 0.15) is 90.0 Å². The Labute approximate surface area is 331 Å². The van der Waals surface area contributed by atoms with Gasteiger partial charge in [-0.3, -0.25) is 19.4 Å². The summed E-state index contributed by atoms with van der Waals surface area (Å²) in [7, 11) is 1.47. The number of aromatic nitrogens is 6. The number of hydrogen-bond donors (Lipinski definition) is 4. The van der Waals surface area contributed by atoms with Gasteiger partial charge in [-0.25, -0.2) is 19.7 Å². The van der Waals surface area contributed by atoms with E-state index in [1.807, 2.05) is 68.1 Å². The average molecular weight is 775 g/mol. The maximum absolute atomic E-state index is 13.5. The number of benzene rings is 2. The number of rotatable bonds is 12. The fourth-order valence-corrected chi connectivity index (χ4v) is 7.87. The number of amides is 4. The van der Waals surface area contributed by atoms with Gasteiger partial charge >= 0.3 is 6.09 Å². The van der Waals surface area contributed by atoms with E-state index in [0.717, 1.165) is 82.7 Å². The highest BCUT2D eigenvalue weighted by Crippen LogP contribution is 2.35. The van der Waals surface area contributed by atoms with E-state index in [9.17, 15) is 19.2 Å². The number of aromatic amines is 2. The molecule has 2 aliphatic heterocycles. The highest BCUT2D eigenvalue weighted by molar-refractivity contribution is 5.87. The molecule has 3 aromatic heterocycles. The Bertz CT molecular complexity index is 2250. The van der Waals surface area contributed by atoms with Crippen molar-refractivity contribution >= 4 is 34.8 Å². The van der Waals surface area contributed by atoms with E-state index in [1.165, 1.54) is 14.0 Å². The molecule has 0 spiro atoms. The van der Waals surface area contributed by atoms with Crippen molar-refractivity contribution in [3.05, 3.63) is 72.7 Å². The van der Waals surface area contributed by atoms with Gasteiger partial charge < -0.3 is 35.1 Å². The minimum Gasteiger partial charge on any atom is -0.436 e. The molecule has 0 unspecified atom stereocenters. The SMILES string of the molecule is CCC[C@H](NC(C)=O)C(=O)N1CCC[C@H]1c1ncc(-c2ccc3nc(-c4ccc(-c5cnc([C@@H]6CCCN6C(=O)[C@@H](OC(=O)NC)C(C)C)[nH]5)cc4)cnc3c2)[nH]1. The highest BCUT2D eigenvalue weighted by atomic mass is 16.6. The molecule has 15 nitrogen and oxygen atoms in total. The monoisotopic (exact) mass is 774 g/mol. The fraction of sp³-hybridized carbons (Fsp3) is 0.429. The van der Waals surface area contributed by atoms with Crippen molar-refractivity contribution in [2.24, 2.45) is 5.92 Å². The molecular weight excluding hydrogens is 725 g/mol. The number of carbonyl (C=O) groups excluding carboxylic acids is 4. The zero-order valence-corrected chi connectivity index (χ0v) is 33.0. The van der Waals surface area contributed by atoms with Gasteiger partial charge in [-0.2, -0.15) is 0 Å². The van der Waals surface area contributed by atoms with Crippen LogP contribution < -0.4 is 10.6 Å². The molecule has 4 atom stereocenters. The van der Waals surface area contributed by atoms with Crippen molar-refractivity contribution in [2.45, 2.75) is 90.4 Å². The summed E-state index contributed by atoms with van der Waals surface area (Å²) in [5, 5.41) is 5.26. The molecule has 4 amide bonds. The van der Waals surface area contributed by atoms with E-state index in [0.29, 0.717) is 25.3 Å². The summed E-state index contributed by atoms with van der Waals surface area (Å²) in [6.45, 7) is 8.36. The fourth-order valence-electron chi connectivity index (χ4n) is 7.87. The Morgan fingerprint density at radius 2 is 1.40 bits per heavy atom. The van der Waals surface area contributed by atoms with Gasteiger partial charge in [0.25, 0.3) is 5.91 Å². The van der Waals surface area contributed by atoms with Crippen LogP contribution in [0.25, 0.3) is 44.8 Å². The summed E-state index contributed by atoms with van der Waals surface area (Å²) < 4.78 is 5.43. The number of nitrogens with zero attached hydrogens (tertiary/aromatic N) is 6. The maximum atomic E-state index is 13.5. The largest absolute Gasteiger partial charge is 0.436 e. The summed E-state index contributed by atoms with van der Waals surface area (Å²) in [5.74, 6) is 0.749. The highest BCUT2D eigenvalue weighted by Gasteiger charge is 2.39. The first-order valence-corrected chi connectivity index (χ1v) is 19.8. The number of carbonyl (C=O) groups is 4. The van der Waals surface area contributed by atoms with Gasteiger partial charge in [-0.05, 0) is 55.7 Å². The summed E-state index contributed by atoms with van der Waals surface area (Å²) in [5.41, 5.74) is 6.64. The molecule has 2 saturated heterocycles. The van der Waals surface area contributed by atoms with Crippen molar-refractivity contribution in [3.63, 3.8) is 0 Å². The van der Waals surface area contributed by atoms with Crippen LogP contribution in [-0.2, 0) is 19.1 Å². The molecule has 2 aromatic carbocycles. The van der Waals surface area contributed by atoms with Gasteiger partial charge in [-0.1, -0.05) is 57.5 Å². The number of imidazole rings is 2. The second-order valence-corrected chi connectivity index (χ2v) is 15.1. The Hall–Kier alpha value is -6.12. The first-order chi connectivity index (χ1) is 27.5. The molecule has 2 fully saturated rings. The lowest BCUT2D eigenvalue weighted by Gasteiger charge is -2.29. The minimum atomic E-state index is -0.882. The molecule has 4 N–H and O–H groups in total. The summed E-state index contributed by atoms with van der Waals surface area (Å²) in [4.78, 5) is 80.2. The first kappa shape index (κ1) is 39.1. The number of hydrogen-bond acceptors (Lipinski definition) is 9. The standard InChI is InChI=1S/C42H50N10O5/c1-6-9-30(47-25(4)53)40(54)51-18-7-10-35(51)38-46-23-34(50-38)28-16-17-29-31(20-28)44-21-32(48-29)26-12-14-27(15-13-26)33-22-45-39(49-33)36-11-8-19-52(36)41(55)37(24(2)3)57-42(56)43-5/h12-17,20-24,30,35-37H,6-11,18-19H2,1-5H3,(H,43,56)(H,45,49)(H,46,50)(H,47,53)/t30-,35-,36-,37-/m0/s1. The van der Waals surface area contributed by atoms with Gasteiger partial charge in [0, 0.05) is 38.2 Å². The van der Waals surface area contributed by atoms with Gasteiger partial charge in [0.1, 0.15) is 17.7 Å². The lowest BCUT2D eigenvalue weighted by Crippen LogP contribution is -2.47. The van der Waals surface area contributed by atoms with Gasteiger partial charge in [-0.15, -0.1) is 0 Å². The van der Waals surface area contributed by atoms with Crippen LogP contribution >= 0.6 is 0 Å². The van der Waals surface area contributed by atoms with E-state index in [4.69, 9.17) is 14.7 Å². The zero-order chi connectivity index (χ0) is 40.2. The van der Waals surface area contributed by atoms with Gasteiger partial charge in [0.15, 0.2) is 6.10 Å². The third-order valence-electron chi connectivity index (χ3n) is 10.8.